The van der Waals surface area contributed by atoms with Gasteiger partial charge in [-0.3, -0.25) is 0 Å². The first-order valence-corrected chi connectivity index (χ1v) is 5.54. The van der Waals surface area contributed by atoms with Gasteiger partial charge in [0.2, 0.25) is 0 Å². The molecule has 0 aliphatic heterocycles. The second-order valence-corrected chi connectivity index (χ2v) is 3.84. The molecule has 1 atom stereocenters. The van der Waals surface area contributed by atoms with Crippen LogP contribution in [0.3, 0.4) is 0 Å². The molecule has 84 valence electrons. The molecule has 15 heavy (non-hydrogen) atoms. The number of benzene rings is 1. The lowest BCUT2D eigenvalue weighted by molar-refractivity contribution is 0.215. The van der Waals surface area contributed by atoms with E-state index in [2.05, 4.69) is 19.1 Å². The SMILES string of the molecule is CC[C@@H](CO)CCc1ccc(OC)cc1. The maximum absolute atomic E-state index is 9.07. The molecule has 0 radical (unpaired) electrons. The molecule has 0 saturated heterocycles. The molecule has 1 aromatic rings. The zero-order chi connectivity index (χ0) is 11.1. The predicted molar refractivity (Wildman–Crippen MR) is 62.2 cm³/mol. The summed E-state index contributed by atoms with van der Waals surface area (Å²) < 4.78 is 5.10. The van der Waals surface area contributed by atoms with Crippen molar-refractivity contribution in [3.05, 3.63) is 29.8 Å². The molecule has 0 spiro atoms. The van der Waals surface area contributed by atoms with Crippen molar-refractivity contribution in [3.8, 4) is 5.75 Å². The van der Waals surface area contributed by atoms with Crippen LogP contribution in [0.4, 0.5) is 0 Å². The van der Waals surface area contributed by atoms with Crippen molar-refractivity contribution in [2.45, 2.75) is 26.2 Å². The number of rotatable bonds is 6. The first kappa shape index (κ1) is 12.1. The molecule has 0 aromatic heterocycles. The van der Waals surface area contributed by atoms with Gasteiger partial charge in [-0.1, -0.05) is 25.5 Å². The van der Waals surface area contributed by atoms with E-state index in [4.69, 9.17) is 9.84 Å². The highest BCUT2D eigenvalue weighted by Gasteiger charge is 2.04. The smallest absolute Gasteiger partial charge is 0.118 e. The van der Waals surface area contributed by atoms with Crippen LogP contribution < -0.4 is 4.74 Å². The molecule has 0 aliphatic carbocycles. The van der Waals surface area contributed by atoms with E-state index in [1.165, 1.54) is 5.56 Å². The van der Waals surface area contributed by atoms with Gasteiger partial charge in [0.15, 0.2) is 0 Å². The van der Waals surface area contributed by atoms with E-state index in [1.54, 1.807) is 7.11 Å². The third-order valence-corrected chi connectivity index (χ3v) is 2.84. The van der Waals surface area contributed by atoms with Gasteiger partial charge in [-0.15, -0.1) is 0 Å². The number of aryl methyl sites for hydroxylation is 1. The van der Waals surface area contributed by atoms with Gasteiger partial charge >= 0.3 is 0 Å². The van der Waals surface area contributed by atoms with Crippen LogP contribution in [-0.4, -0.2) is 18.8 Å². The molecule has 1 rings (SSSR count). The van der Waals surface area contributed by atoms with E-state index in [0.29, 0.717) is 12.5 Å². The Morgan fingerprint density at radius 3 is 2.40 bits per heavy atom. The number of hydrogen-bond acceptors (Lipinski definition) is 2. The van der Waals surface area contributed by atoms with Crippen molar-refractivity contribution in [2.75, 3.05) is 13.7 Å². The Morgan fingerprint density at radius 1 is 1.27 bits per heavy atom. The third kappa shape index (κ3) is 3.92. The summed E-state index contributed by atoms with van der Waals surface area (Å²) in [7, 11) is 1.67. The molecular formula is C13H20O2. The Balaban J connectivity index is 2.43. The highest BCUT2D eigenvalue weighted by molar-refractivity contribution is 5.27. The zero-order valence-electron chi connectivity index (χ0n) is 9.57. The van der Waals surface area contributed by atoms with Crippen LogP contribution >= 0.6 is 0 Å². The minimum absolute atomic E-state index is 0.298. The summed E-state index contributed by atoms with van der Waals surface area (Å²) in [5.74, 6) is 1.33. The number of methoxy groups -OCH3 is 1. The molecule has 0 bridgehead atoms. The molecule has 2 heteroatoms. The van der Waals surface area contributed by atoms with Gasteiger partial charge in [0.1, 0.15) is 5.75 Å². The molecule has 0 unspecified atom stereocenters. The molecule has 1 N–H and O–H groups in total. The normalized spacial score (nSPS) is 12.5. The van der Waals surface area contributed by atoms with Crippen molar-refractivity contribution in [3.63, 3.8) is 0 Å². The summed E-state index contributed by atoms with van der Waals surface area (Å²) in [6.45, 7) is 2.42. The summed E-state index contributed by atoms with van der Waals surface area (Å²) in [6, 6.07) is 8.14. The molecule has 0 fully saturated rings. The molecule has 0 heterocycles. The Hall–Kier alpha value is -1.02. The van der Waals surface area contributed by atoms with Crippen LogP contribution in [0.1, 0.15) is 25.3 Å². The standard InChI is InChI=1S/C13H20O2/c1-3-11(10-14)4-5-12-6-8-13(15-2)9-7-12/h6-9,11,14H,3-5,10H2,1-2H3/t11-/m1/s1. The minimum Gasteiger partial charge on any atom is -0.497 e. The maximum Gasteiger partial charge on any atom is 0.118 e. The topological polar surface area (TPSA) is 29.5 Å². The maximum atomic E-state index is 9.07. The summed E-state index contributed by atoms with van der Waals surface area (Å²) in [6.07, 6.45) is 3.13. The number of ether oxygens (including phenoxy) is 1. The fraction of sp³-hybridized carbons (Fsp3) is 0.538. The van der Waals surface area contributed by atoms with E-state index in [1.807, 2.05) is 12.1 Å². The van der Waals surface area contributed by atoms with E-state index in [9.17, 15) is 0 Å². The average Bonchev–Trinajstić information content (AvgIpc) is 2.31. The number of aliphatic hydroxyl groups excluding tert-OH is 1. The van der Waals surface area contributed by atoms with E-state index in [-0.39, 0.29) is 0 Å². The second-order valence-electron chi connectivity index (χ2n) is 3.84. The Bertz CT molecular complexity index is 262. The first-order valence-electron chi connectivity index (χ1n) is 5.54. The van der Waals surface area contributed by atoms with E-state index < -0.39 is 0 Å². The monoisotopic (exact) mass is 208 g/mol. The van der Waals surface area contributed by atoms with E-state index >= 15 is 0 Å². The van der Waals surface area contributed by atoms with Gasteiger partial charge in [-0.2, -0.15) is 0 Å². The first-order chi connectivity index (χ1) is 7.30. The zero-order valence-corrected chi connectivity index (χ0v) is 9.57. The minimum atomic E-state index is 0.298. The lowest BCUT2D eigenvalue weighted by Crippen LogP contribution is -2.05. The summed E-state index contributed by atoms with van der Waals surface area (Å²) in [5, 5.41) is 9.07. The molecule has 0 saturated carbocycles. The molecule has 0 aliphatic rings. The second kappa shape index (κ2) is 6.46. The Kier molecular flexibility index (Phi) is 5.19. The highest BCUT2D eigenvalue weighted by Crippen LogP contribution is 2.15. The van der Waals surface area contributed by atoms with Crippen LogP contribution in [-0.2, 0) is 6.42 Å². The lowest BCUT2D eigenvalue weighted by Gasteiger charge is -2.11. The summed E-state index contributed by atoms with van der Waals surface area (Å²) in [5.41, 5.74) is 1.31. The fourth-order valence-corrected chi connectivity index (χ4v) is 1.59. The third-order valence-electron chi connectivity index (χ3n) is 2.84. The number of hydrogen-bond donors (Lipinski definition) is 1. The fourth-order valence-electron chi connectivity index (χ4n) is 1.59. The van der Waals surface area contributed by atoms with Crippen molar-refractivity contribution in [1.29, 1.82) is 0 Å². The van der Waals surface area contributed by atoms with Crippen LogP contribution in [0.5, 0.6) is 5.75 Å². The molecular weight excluding hydrogens is 188 g/mol. The Morgan fingerprint density at radius 2 is 1.93 bits per heavy atom. The summed E-state index contributed by atoms with van der Waals surface area (Å²) >= 11 is 0. The lowest BCUT2D eigenvalue weighted by atomic mass is 9.98. The van der Waals surface area contributed by atoms with Gasteiger partial charge in [0.05, 0.1) is 7.11 Å². The van der Waals surface area contributed by atoms with Crippen molar-refractivity contribution in [1.82, 2.24) is 0 Å². The largest absolute Gasteiger partial charge is 0.497 e. The molecule has 1 aromatic carbocycles. The van der Waals surface area contributed by atoms with Crippen LogP contribution in [0, 0.1) is 5.92 Å². The van der Waals surface area contributed by atoms with Crippen LogP contribution in [0.2, 0.25) is 0 Å². The highest BCUT2D eigenvalue weighted by atomic mass is 16.5. The van der Waals surface area contributed by atoms with Gasteiger partial charge in [0.25, 0.3) is 0 Å². The van der Waals surface area contributed by atoms with Gasteiger partial charge < -0.3 is 9.84 Å². The number of aliphatic hydroxyl groups is 1. The summed E-state index contributed by atoms with van der Waals surface area (Å²) in [4.78, 5) is 0. The van der Waals surface area contributed by atoms with Gasteiger partial charge in [-0.25, -0.2) is 0 Å². The van der Waals surface area contributed by atoms with Gasteiger partial charge in [-0.05, 0) is 36.5 Å². The Labute approximate surface area is 91.9 Å². The predicted octanol–water partition coefficient (Wildman–Crippen LogP) is 2.65. The van der Waals surface area contributed by atoms with Crippen LogP contribution in [0.25, 0.3) is 0 Å². The van der Waals surface area contributed by atoms with Crippen LogP contribution in [0.15, 0.2) is 24.3 Å². The van der Waals surface area contributed by atoms with Crippen molar-refractivity contribution in [2.24, 2.45) is 5.92 Å². The van der Waals surface area contributed by atoms with E-state index in [0.717, 1.165) is 25.0 Å². The molecule has 0 amide bonds. The van der Waals surface area contributed by atoms with Gasteiger partial charge in [0, 0.05) is 6.61 Å². The molecule has 2 nitrogen and oxygen atoms in total. The average molecular weight is 208 g/mol. The van der Waals surface area contributed by atoms with Crippen molar-refractivity contribution >= 4 is 0 Å². The quantitative estimate of drug-likeness (QED) is 0.778. The van der Waals surface area contributed by atoms with Crippen molar-refractivity contribution < 1.29 is 9.84 Å².